The van der Waals surface area contributed by atoms with Crippen LogP contribution in [0.1, 0.15) is 62.8 Å². The van der Waals surface area contributed by atoms with Crippen molar-refractivity contribution in [1.29, 1.82) is 0 Å². The topological polar surface area (TPSA) is 21.7 Å². The van der Waals surface area contributed by atoms with E-state index in [1.54, 1.807) is 14.2 Å². The van der Waals surface area contributed by atoms with Gasteiger partial charge in [0.1, 0.15) is 11.5 Å². The summed E-state index contributed by atoms with van der Waals surface area (Å²) in [5.41, 5.74) is 1.33. The van der Waals surface area contributed by atoms with Crippen molar-refractivity contribution < 1.29 is 9.47 Å². The van der Waals surface area contributed by atoms with Gasteiger partial charge >= 0.3 is 0 Å². The molecule has 3 fully saturated rings. The fraction of sp³-hybridized carbons (Fsp3) is 0.727. The normalized spacial score (nSPS) is 30.9. The zero-order valence-corrected chi connectivity index (χ0v) is 15.9. The number of nitrogens with zero attached hydrogens (tertiary/aromatic N) is 1. The van der Waals surface area contributed by atoms with E-state index in [0.29, 0.717) is 5.92 Å². The molecule has 25 heavy (non-hydrogen) atoms. The van der Waals surface area contributed by atoms with Crippen molar-refractivity contribution in [3.05, 3.63) is 23.8 Å². The van der Waals surface area contributed by atoms with E-state index in [1.165, 1.54) is 70.0 Å². The summed E-state index contributed by atoms with van der Waals surface area (Å²) in [5, 5.41) is 0. The molecule has 0 N–H and O–H groups in total. The molecule has 3 heteroatoms. The maximum atomic E-state index is 5.62. The van der Waals surface area contributed by atoms with Crippen LogP contribution >= 0.6 is 0 Å². The number of fused-ring (bicyclic) bond motifs is 2. The van der Waals surface area contributed by atoms with Gasteiger partial charge in [-0.05, 0) is 87.6 Å². The number of likely N-dealkylation sites (tertiary alicyclic amines) is 1. The number of hydrogen-bond donors (Lipinski definition) is 0. The van der Waals surface area contributed by atoms with E-state index in [-0.39, 0.29) is 0 Å². The van der Waals surface area contributed by atoms with Crippen molar-refractivity contribution in [3.63, 3.8) is 0 Å². The van der Waals surface area contributed by atoms with Gasteiger partial charge in [0, 0.05) is 11.6 Å². The van der Waals surface area contributed by atoms with E-state index in [9.17, 15) is 0 Å². The highest BCUT2D eigenvalue weighted by Gasteiger charge is 2.35. The summed E-state index contributed by atoms with van der Waals surface area (Å²) < 4.78 is 11.1. The fourth-order valence-electron chi connectivity index (χ4n) is 5.65. The Morgan fingerprint density at radius 2 is 1.60 bits per heavy atom. The van der Waals surface area contributed by atoms with Crippen LogP contribution in [0.25, 0.3) is 0 Å². The van der Waals surface area contributed by atoms with Gasteiger partial charge in [-0.1, -0.05) is 12.8 Å². The molecule has 4 rings (SSSR count). The first-order valence-electron chi connectivity index (χ1n) is 10.2. The molecule has 3 aliphatic rings. The van der Waals surface area contributed by atoms with Crippen LogP contribution in [0.5, 0.6) is 11.5 Å². The van der Waals surface area contributed by atoms with Crippen molar-refractivity contribution in [2.24, 2.45) is 11.8 Å². The van der Waals surface area contributed by atoms with Crippen molar-refractivity contribution in [1.82, 2.24) is 4.90 Å². The average Bonchev–Trinajstić information content (AvgIpc) is 3.00. The molecule has 2 bridgehead atoms. The van der Waals surface area contributed by atoms with Crippen molar-refractivity contribution >= 4 is 0 Å². The molecule has 2 saturated carbocycles. The number of piperidine rings is 1. The van der Waals surface area contributed by atoms with Gasteiger partial charge in [-0.25, -0.2) is 0 Å². The molecule has 0 aromatic heterocycles. The van der Waals surface area contributed by atoms with Crippen LogP contribution in [-0.2, 0) is 0 Å². The van der Waals surface area contributed by atoms with Crippen LogP contribution in [0, 0.1) is 11.8 Å². The Bertz CT molecular complexity index is 579. The Morgan fingerprint density at radius 3 is 2.36 bits per heavy atom. The minimum Gasteiger partial charge on any atom is -0.497 e. The molecule has 0 spiro atoms. The second-order valence-electron chi connectivity index (χ2n) is 8.43. The summed E-state index contributed by atoms with van der Waals surface area (Å²) in [5.74, 6) is 4.63. The van der Waals surface area contributed by atoms with Crippen LogP contribution in [-0.4, -0.2) is 38.3 Å². The lowest BCUT2D eigenvalue weighted by atomic mass is 9.86. The number of methoxy groups -OCH3 is 2. The summed E-state index contributed by atoms with van der Waals surface area (Å²) in [6.45, 7) is 2.49. The molecule has 1 aliphatic heterocycles. The summed E-state index contributed by atoms with van der Waals surface area (Å²) in [6.07, 6.45) is 11.4. The SMILES string of the molecule is COc1ccc(OC)c(C2CCN(C3CC[C@H]4CC[C@H](C3)C4)CC2)c1. The molecule has 1 heterocycles. The maximum absolute atomic E-state index is 5.62. The lowest BCUT2D eigenvalue weighted by Gasteiger charge is -2.39. The third-order valence-electron chi connectivity index (χ3n) is 7.09. The first-order valence-corrected chi connectivity index (χ1v) is 10.2. The molecule has 1 unspecified atom stereocenters. The molecule has 1 aromatic carbocycles. The lowest BCUT2D eigenvalue weighted by Crippen LogP contribution is -2.41. The molecule has 1 saturated heterocycles. The Labute approximate surface area is 152 Å². The van der Waals surface area contributed by atoms with Gasteiger partial charge in [0.25, 0.3) is 0 Å². The lowest BCUT2D eigenvalue weighted by molar-refractivity contribution is 0.125. The van der Waals surface area contributed by atoms with Gasteiger partial charge in [-0.2, -0.15) is 0 Å². The Kier molecular flexibility index (Phi) is 5.21. The van der Waals surface area contributed by atoms with Crippen LogP contribution in [0.4, 0.5) is 0 Å². The van der Waals surface area contributed by atoms with Gasteiger partial charge < -0.3 is 14.4 Å². The van der Waals surface area contributed by atoms with Crippen LogP contribution in [0.15, 0.2) is 18.2 Å². The largest absolute Gasteiger partial charge is 0.497 e. The van der Waals surface area contributed by atoms with Gasteiger partial charge in [0.15, 0.2) is 0 Å². The zero-order chi connectivity index (χ0) is 17.2. The third-order valence-corrected chi connectivity index (χ3v) is 7.09. The van der Waals surface area contributed by atoms with Crippen molar-refractivity contribution in [3.8, 4) is 11.5 Å². The van der Waals surface area contributed by atoms with E-state index in [0.717, 1.165) is 29.4 Å². The van der Waals surface area contributed by atoms with Crippen molar-refractivity contribution in [2.45, 2.75) is 63.3 Å². The first-order chi connectivity index (χ1) is 12.3. The van der Waals surface area contributed by atoms with E-state index in [2.05, 4.69) is 17.0 Å². The molecule has 138 valence electrons. The molecule has 3 nitrogen and oxygen atoms in total. The smallest absolute Gasteiger partial charge is 0.122 e. The number of rotatable bonds is 4. The highest BCUT2D eigenvalue weighted by atomic mass is 16.5. The predicted octanol–water partition coefficient (Wildman–Crippen LogP) is 4.85. The molecular weight excluding hydrogens is 310 g/mol. The standard InChI is InChI=1S/C22H33NO2/c1-24-20-7-8-22(25-2)21(15-20)18-9-11-23(12-10-18)19-6-5-16-3-4-17(13-16)14-19/h7-8,15-19H,3-6,9-14H2,1-2H3/t16-,17+,19?/m1/s1. The van der Waals surface area contributed by atoms with Gasteiger partial charge in [0.2, 0.25) is 0 Å². The highest BCUT2D eigenvalue weighted by molar-refractivity contribution is 5.42. The summed E-state index contributed by atoms with van der Waals surface area (Å²) >= 11 is 0. The van der Waals surface area contributed by atoms with E-state index in [4.69, 9.17) is 9.47 Å². The number of ether oxygens (including phenoxy) is 2. The van der Waals surface area contributed by atoms with Gasteiger partial charge in [0.05, 0.1) is 14.2 Å². The Balaban J connectivity index is 1.40. The molecule has 0 amide bonds. The summed E-state index contributed by atoms with van der Waals surface area (Å²) in [6, 6.07) is 7.09. The zero-order valence-electron chi connectivity index (χ0n) is 15.9. The molecule has 3 atom stereocenters. The quantitative estimate of drug-likeness (QED) is 0.780. The van der Waals surface area contributed by atoms with E-state index < -0.39 is 0 Å². The second-order valence-corrected chi connectivity index (χ2v) is 8.43. The monoisotopic (exact) mass is 343 g/mol. The minimum atomic E-state index is 0.600. The first kappa shape index (κ1) is 17.2. The Morgan fingerprint density at radius 1 is 0.840 bits per heavy atom. The number of benzene rings is 1. The number of hydrogen-bond acceptors (Lipinski definition) is 3. The van der Waals surface area contributed by atoms with Gasteiger partial charge in [-0.15, -0.1) is 0 Å². The van der Waals surface area contributed by atoms with Crippen LogP contribution in [0.3, 0.4) is 0 Å². The summed E-state index contributed by atoms with van der Waals surface area (Å²) in [7, 11) is 3.52. The molecule has 1 aromatic rings. The van der Waals surface area contributed by atoms with Crippen LogP contribution < -0.4 is 9.47 Å². The van der Waals surface area contributed by atoms with Crippen LogP contribution in [0.2, 0.25) is 0 Å². The average molecular weight is 344 g/mol. The van der Waals surface area contributed by atoms with Crippen molar-refractivity contribution in [2.75, 3.05) is 27.3 Å². The Hall–Kier alpha value is -1.22. The molecular formula is C22H33NO2. The van der Waals surface area contributed by atoms with E-state index in [1.807, 2.05) is 6.07 Å². The second kappa shape index (κ2) is 7.57. The highest BCUT2D eigenvalue weighted by Crippen LogP contribution is 2.43. The van der Waals surface area contributed by atoms with Gasteiger partial charge in [-0.3, -0.25) is 0 Å². The maximum Gasteiger partial charge on any atom is 0.122 e. The predicted molar refractivity (Wildman–Crippen MR) is 102 cm³/mol. The summed E-state index contributed by atoms with van der Waals surface area (Å²) in [4.78, 5) is 2.81. The minimum absolute atomic E-state index is 0.600. The fourth-order valence-corrected chi connectivity index (χ4v) is 5.65. The molecule has 2 aliphatic carbocycles. The molecule has 0 radical (unpaired) electrons. The van der Waals surface area contributed by atoms with E-state index >= 15 is 0 Å². The third kappa shape index (κ3) is 3.67.